The van der Waals surface area contributed by atoms with E-state index in [0.29, 0.717) is 30.3 Å². The highest BCUT2D eigenvalue weighted by atomic mass is 16.5. The molecule has 0 bridgehead atoms. The van der Waals surface area contributed by atoms with Crippen LogP contribution < -0.4 is 0 Å². The SMILES string of the molecule is O=C(O)CCCc1nc(-c2ccc3ccccc3n2)no1. The van der Waals surface area contributed by atoms with Crippen LogP contribution in [0.5, 0.6) is 0 Å². The molecule has 0 spiro atoms. The van der Waals surface area contributed by atoms with E-state index in [4.69, 9.17) is 9.63 Å². The Bertz CT molecular complexity index is 782. The third-order valence-electron chi connectivity index (χ3n) is 3.08. The van der Waals surface area contributed by atoms with Crippen LogP contribution in [0.3, 0.4) is 0 Å². The van der Waals surface area contributed by atoms with Gasteiger partial charge in [-0.05, 0) is 18.6 Å². The van der Waals surface area contributed by atoms with Gasteiger partial charge < -0.3 is 9.63 Å². The minimum absolute atomic E-state index is 0.0892. The van der Waals surface area contributed by atoms with Gasteiger partial charge >= 0.3 is 5.97 Å². The van der Waals surface area contributed by atoms with Crippen molar-refractivity contribution < 1.29 is 14.4 Å². The Morgan fingerprint density at radius 3 is 2.86 bits per heavy atom. The number of aryl methyl sites for hydroxylation is 1. The van der Waals surface area contributed by atoms with Gasteiger partial charge in [-0.1, -0.05) is 29.4 Å². The molecule has 0 aliphatic rings. The van der Waals surface area contributed by atoms with E-state index in [2.05, 4.69) is 15.1 Å². The first-order valence-corrected chi connectivity index (χ1v) is 6.63. The highest BCUT2D eigenvalue weighted by Crippen LogP contribution is 2.18. The van der Waals surface area contributed by atoms with E-state index < -0.39 is 5.97 Å². The number of carbonyl (C=O) groups is 1. The fraction of sp³-hybridized carbons (Fsp3) is 0.200. The number of hydrogen-bond acceptors (Lipinski definition) is 5. The maximum atomic E-state index is 10.5. The number of fused-ring (bicyclic) bond motifs is 1. The van der Waals surface area contributed by atoms with E-state index >= 15 is 0 Å². The Kier molecular flexibility index (Phi) is 3.59. The molecule has 0 amide bonds. The number of hydrogen-bond donors (Lipinski definition) is 1. The van der Waals surface area contributed by atoms with Crippen molar-refractivity contribution in [3.05, 3.63) is 42.3 Å². The second-order valence-corrected chi connectivity index (χ2v) is 4.65. The number of aromatic nitrogens is 3. The third-order valence-corrected chi connectivity index (χ3v) is 3.08. The summed E-state index contributed by atoms with van der Waals surface area (Å²) in [4.78, 5) is 19.2. The standard InChI is InChI=1S/C15H13N3O3/c19-14(20)7-3-6-13-17-15(18-21-13)12-9-8-10-4-1-2-5-11(10)16-12/h1-2,4-5,8-9H,3,6-7H2,(H,19,20). The smallest absolute Gasteiger partial charge is 0.303 e. The predicted octanol–water partition coefficient (Wildman–Crippen LogP) is 2.69. The van der Waals surface area contributed by atoms with Crippen LogP contribution in [0.25, 0.3) is 22.4 Å². The van der Waals surface area contributed by atoms with Gasteiger partial charge in [-0.25, -0.2) is 4.98 Å². The Morgan fingerprint density at radius 1 is 1.14 bits per heavy atom. The minimum Gasteiger partial charge on any atom is -0.481 e. The lowest BCUT2D eigenvalue weighted by Crippen LogP contribution is -1.96. The zero-order valence-electron chi connectivity index (χ0n) is 11.2. The second-order valence-electron chi connectivity index (χ2n) is 4.65. The average Bonchev–Trinajstić information content (AvgIpc) is 2.95. The molecular formula is C15H13N3O3. The Hall–Kier alpha value is -2.76. The molecule has 6 heteroatoms. The molecule has 0 radical (unpaired) electrons. The van der Waals surface area contributed by atoms with Gasteiger partial charge in [0.2, 0.25) is 11.7 Å². The van der Waals surface area contributed by atoms with Gasteiger partial charge in [0.25, 0.3) is 0 Å². The van der Waals surface area contributed by atoms with Crippen molar-refractivity contribution in [2.24, 2.45) is 0 Å². The quantitative estimate of drug-likeness (QED) is 0.774. The number of nitrogens with zero attached hydrogens (tertiary/aromatic N) is 3. The van der Waals surface area contributed by atoms with Crippen molar-refractivity contribution in [2.75, 3.05) is 0 Å². The normalized spacial score (nSPS) is 10.9. The lowest BCUT2D eigenvalue weighted by Gasteiger charge is -1.98. The largest absolute Gasteiger partial charge is 0.481 e. The molecule has 0 atom stereocenters. The van der Waals surface area contributed by atoms with Gasteiger partial charge in [-0.3, -0.25) is 4.79 Å². The highest BCUT2D eigenvalue weighted by molar-refractivity contribution is 5.80. The van der Waals surface area contributed by atoms with Gasteiger partial charge in [0.05, 0.1) is 5.52 Å². The fourth-order valence-corrected chi connectivity index (χ4v) is 2.04. The molecule has 21 heavy (non-hydrogen) atoms. The highest BCUT2D eigenvalue weighted by Gasteiger charge is 2.10. The first-order chi connectivity index (χ1) is 10.2. The molecule has 2 aromatic heterocycles. The van der Waals surface area contributed by atoms with Crippen molar-refractivity contribution in [1.29, 1.82) is 0 Å². The average molecular weight is 283 g/mol. The third kappa shape index (κ3) is 3.05. The van der Waals surface area contributed by atoms with Crippen LogP contribution in [-0.4, -0.2) is 26.2 Å². The van der Waals surface area contributed by atoms with Crippen LogP contribution in [0.4, 0.5) is 0 Å². The van der Waals surface area contributed by atoms with Gasteiger partial charge in [0.1, 0.15) is 5.69 Å². The maximum Gasteiger partial charge on any atom is 0.303 e. The summed E-state index contributed by atoms with van der Waals surface area (Å²) < 4.78 is 5.12. The zero-order chi connectivity index (χ0) is 14.7. The maximum absolute atomic E-state index is 10.5. The van der Waals surface area contributed by atoms with Gasteiger partial charge in [-0.15, -0.1) is 0 Å². The molecule has 0 fully saturated rings. The first kappa shape index (κ1) is 13.2. The first-order valence-electron chi connectivity index (χ1n) is 6.63. The Labute approximate surface area is 120 Å². The minimum atomic E-state index is -0.828. The van der Waals surface area contributed by atoms with Gasteiger partial charge in [-0.2, -0.15) is 4.98 Å². The Morgan fingerprint density at radius 2 is 2.00 bits per heavy atom. The summed E-state index contributed by atoms with van der Waals surface area (Å²) in [5.41, 5.74) is 1.51. The number of carboxylic acids is 1. The molecule has 0 saturated carbocycles. The molecule has 6 nitrogen and oxygen atoms in total. The summed E-state index contributed by atoms with van der Waals surface area (Å²) in [6.07, 6.45) is 1.01. The molecule has 0 aliphatic heterocycles. The number of carboxylic acid groups (broad SMARTS) is 1. The van der Waals surface area contributed by atoms with Crippen LogP contribution in [0.1, 0.15) is 18.7 Å². The van der Waals surface area contributed by atoms with Crippen LogP contribution in [0.15, 0.2) is 40.9 Å². The van der Waals surface area contributed by atoms with Crippen molar-refractivity contribution >= 4 is 16.9 Å². The summed E-state index contributed by atoms with van der Waals surface area (Å²) in [5.74, 6) is 0.0261. The molecule has 1 N–H and O–H groups in total. The Balaban J connectivity index is 1.79. The molecule has 0 aliphatic carbocycles. The van der Waals surface area contributed by atoms with Crippen LogP contribution in [-0.2, 0) is 11.2 Å². The van der Waals surface area contributed by atoms with Crippen molar-refractivity contribution in [1.82, 2.24) is 15.1 Å². The van der Waals surface area contributed by atoms with Gasteiger partial charge in [0, 0.05) is 18.2 Å². The van der Waals surface area contributed by atoms with E-state index in [1.54, 1.807) is 0 Å². The second kappa shape index (κ2) is 5.70. The molecule has 0 saturated heterocycles. The lowest BCUT2D eigenvalue weighted by atomic mass is 10.2. The monoisotopic (exact) mass is 283 g/mol. The van der Waals surface area contributed by atoms with E-state index in [-0.39, 0.29) is 6.42 Å². The van der Waals surface area contributed by atoms with E-state index in [9.17, 15) is 4.79 Å². The topological polar surface area (TPSA) is 89.1 Å². The van der Waals surface area contributed by atoms with Crippen molar-refractivity contribution in [3.8, 4) is 11.5 Å². The van der Waals surface area contributed by atoms with Crippen molar-refractivity contribution in [2.45, 2.75) is 19.3 Å². The number of rotatable bonds is 5. The van der Waals surface area contributed by atoms with Crippen LogP contribution in [0, 0.1) is 0 Å². The number of para-hydroxylation sites is 1. The molecule has 2 heterocycles. The summed E-state index contributed by atoms with van der Waals surface area (Å²) >= 11 is 0. The predicted molar refractivity (Wildman–Crippen MR) is 75.6 cm³/mol. The number of pyridine rings is 1. The van der Waals surface area contributed by atoms with E-state index in [1.807, 2.05) is 36.4 Å². The van der Waals surface area contributed by atoms with Crippen LogP contribution >= 0.6 is 0 Å². The van der Waals surface area contributed by atoms with E-state index in [1.165, 1.54) is 0 Å². The summed E-state index contributed by atoms with van der Waals surface area (Å²) in [6.45, 7) is 0. The number of benzene rings is 1. The molecule has 0 unspecified atom stereocenters. The number of aliphatic carboxylic acids is 1. The summed E-state index contributed by atoms with van der Waals surface area (Å²) in [5, 5.41) is 13.5. The summed E-state index contributed by atoms with van der Waals surface area (Å²) in [6, 6.07) is 11.6. The fourth-order valence-electron chi connectivity index (χ4n) is 2.04. The van der Waals surface area contributed by atoms with E-state index in [0.717, 1.165) is 10.9 Å². The zero-order valence-corrected chi connectivity index (χ0v) is 11.2. The molecule has 3 aromatic rings. The lowest BCUT2D eigenvalue weighted by molar-refractivity contribution is -0.137. The van der Waals surface area contributed by atoms with Crippen LogP contribution in [0.2, 0.25) is 0 Å². The molecular weight excluding hydrogens is 270 g/mol. The summed E-state index contributed by atoms with van der Waals surface area (Å²) in [7, 11) is 0. The molecule has 1 aromatic carbocycles. The van der Waals surface area contributed by atoms with Gasteiger partial charge in [0.15, 0.2) is 0 Å². The van der Waals surface area contributed by atoms with Crippen molar-refractivity contribution in [3.63, 3.8) is 0 Å². The molecule has 106 valence electrons. The molecule has 3 rings (SSSR count).